The van der Waals surface area contributed by atoms with Crippen LogP contribution >= 0.6 is 0 Å². The minimum Gasteiger partial charge on any atom is -0.479 e. The van der Waals surface area contributed by atoms with Gasteiger partial charge in [-0.25, -0.2) is 0 Å². The van der Waals surface area contributed by atoms with Crippen LogP contribution in [0, 0.1) is 0 Å². The molecule has 1 fully saturated rings. The molecule has 2 N–H and O–H groups in total. The van der Waals surface area contributed by atoms with Gasteiger partial charge in [0.25, 0.3) is 5.91 Å². The van der Waals surface area contributed by atoms with Gasteiger partial charge in [-0.05, 0) is 24.6 Å². The summed E-state index contributed by atoms with van der Waals surface area (Å²) in [6, 6.07) is 17.2. The van der Waals surface area contributed by atoms with Gasteiger partial charge in [0.05, 0.1) is 5.69 Å². The smallest absolute Gasteiger partial charge is 0.268 e. The number of benzene rings is 2. The Hall–Kier alpha value is -2.86. The molecule has 0 saturated carbocycles. The van der Waals surface area contributed by atoms with Crippen LogP contribution in [0.3, 0.4) is 0 Å². The summed E-state index contributed by atoms with van der Waals surface area (Å²) in [5.41, 5.74) is 8.08. The Morgan fingerprint density at radius 2 is 1.81 bits per heavy atom. The number of rotatable bonds is 3. The van der Waals surface area contributed by atoms with E-state index in [1.165, 1.54) is 4.90 Å². The number of nitrogens with two attached hydrogens (primary N) is 1. The molecular weight excluding hydrogens is 342 g/mol. The summed E-state index contributed by atoms with van der Waals surface area (Å²) >= 11 is 0. The molecule has 2 aliphatic heterocycles. The van der Waals surface area contributed by atoms with Crippen molar-refractivity contribution in [3.05, 3.63) is 60.2 Å². The van der Waals surface area contributed by atoms with Gasteiger partial charge in [0, 0.05) is 25.0 Å². The van der Waals surface area contributed by atoms with Gasteiger partial charge < -0.3 is 15.4 Å². The van der Waals surface area contributed by atoms with Crippen molar-refractivity contribution in [1.82, 2.24) is 4.90 Å². The highest BCUT2D eigenvalue weighted by atomic mass is 16.5. The summed E-state index contributed by atoms with van der Waals surface area (Å²) in [4.78, 5) is 28.8. The first-order valence-corrected chi connectivity index (χ1v) is 9.20. The maximum absolute atomic E-state index is 12.9. The minimum absolute atomic E-state index is 0.00221. The zero-order chi connectivity index (χ0) is 19.0. The fraction of sp³-hybridized carbons (Fsp3) is 0.333. The first-order valence-electron chi connectivity index (χ1n) is 9.20. The Morgan fingerprint density at radius 1 is 1.11 bits per heavy atom. The van der Waals surface area contributed by atoms with Gasteiger partial charge in [0.15, 0.2) is 6.10 Å². The van der Waals surface area contributed by atoms with Gasteiger partial charge in [-0.2, -0.15) is 0 Å². The number of para-hydroxylation sites is 2. The van der Waals surface area contributed by atoms with Crippen LogP contribution in [0.4, 0.5) is 5.69 Å². The van der Waals surface area contributed by atoms with Crippen LogP contribution in [-0.4, -0.2) is 48.5 Å². The number of hydrogen-bond acceptors (Lipinski definition) is 4. The SMILES string of the molecule is CC1Oc2ccccc2N(CC(=O)N2C[C@@H](N)[C@H](c3ccccc3)C2)C1=O. The highest BCUT2D eigenvalue weighted by molar-refractivity contribution is 6.03. The van der Waals surface area contributed by atoms with E-state index >= 15 is 0 Å². The number of carbonyl (C=O) groups excluding carboxylic acids is 2. The molecule has 6 heteroatoms. The zero-order valence-electron chi connectivity index (χ0n) is 15.2. The van der Waals surface area contributed by atoms with Gasteiger partial charge in [-0.15, -0.1) is 0 Å². The van der Waals surface area contributed by atoms with E-state index in [9.17, 15) is 9.59 Å². The van der Waals surface area contributed by atoms with E-state index in [4.69, 9.17) is 10.5 Å². The van der Waals surface area contributed by atoms with Gasteiger partial charge in [-0.1, -0.05) is 42.5 Å². The summed E-state index contributed by atoms with van der Waals surface area (Å²) in [5.74, 6) is 0.436. The van der Waals surface area contributed by atoms with E-state index in [1.807, 2.05) is 48.5 Å². The van der Waals surface area contributed by atoms with Crippen LogP contribution in [0.2, 0.25) is 0 Å². The van der Waals surface area contributed by atoms with Crippen LogP contribution in [-0.2, 0) is 9.59 Å². The number of carbonyl (C=O) groups is 2. The molecule has 2 aromatic carbocycles. The minimum atomic E-state index is -0.606. The molecule has 3 atom stereocenters. The predicted molar refractivity (Wildman–Crippen MR) is 103 cm³/mol. The number of hydrogen-bond donors (Lipinski definition) is 1. The number of fused-ring (bicyclic) bond motifs is 1. The number of nitrogens with zero attached hydrogens (tertiary/aromatic N) is 2. The molecule has 0 aromatic heterocycles. The second-order valence-electron chi connectivity index (χ2n) is 7.13. The lowest BCUT2D eigenvalue weighted by Gasteiger charge is -2.33. The van der Waals surface area contributed by atoms with Crippen molar-refractivity contribution in [2.75, 3.05) is 24.5 Å². The highest BCUT2D eigenvalue weighted by Gasteiger charge is 2.37. The lowest BCUT2D eigenvalue weighted by molar-refractivity contribution is -0.132. The van der Waals surface area contributed by atoms with Crippen molar-refractivity contribution >= 4 is 17.5 Å². The fourth-order valence-electron chi connectivity index (χ4n) is 3.84. The lowest BCUT2D eigenvalue weighted by Crippen LogP contribution is -2.49. The highest BCUT2D eigenvalue weighted by Crippen LogP contribution is 2.34. The number of likely N-dealkylation sites (tertiary alicyclic amines) is 1. The first-order chi connectivity index (χ1) is 13.0. The van der Waals surface area contributed by atoms with Crippen molar-refractivity contribution in [2.24, 2.45) is 5.73 Å². The molecule has 0 aliphatic carbocycles. The molecule has 0 radical (unpaired) electrons. The number of ether oxygens (including phenoxy) is 1. The molecule has 4 rings (SSSR count). The summed E-state index contributed by atoms with van der Waals surface area (Å²) in [7, 11) is 0. The second kappa shape index (κ2) is 7.04. The van der Waals surface area contributed by atoms with Crippen LogP contribution < -0.4 is 15.4 Å². The van der Waals surface area contributed by atoms with Crippen molar-refractivity contribution < 1.29 is 14.3 Å². The summed E-state index contributed by atoms with van der Waals surface area (Å²) in [6.45, 7) is 2.76. The average Bonchev–Trinajstić information content (AvgIpc) is 3.08. The molecule has 27 heavy (non-hydrogen) atoms. The van der Waals surface area contributed by atoms with Gasteiger partial charge in [0.2, 0.25) is 5.91 Å². The molecular formula is C21H23N3O3. The molecule has 2 amide bonds. The quantitative estimate of drug-likeness (QED) is 0.899. The third-order valence-corrected chi connectivity index (χ3v) is 5.31. The Bertz CT molecular complexity index is 855. The molecule has 2 heterocycles. The van der Waals surface area contributed by atoms with Gasteiger partial charge >= 0.3 is 0 Å². The third kappa shape index (κ3) is 3.28. The van der Waals surface area contributed by atoms with Crippen LogP contribution in [0.15, 0.2) is 54.6 Å². The normalized spacial score (nSPS) is 24.5. The van der Waals surface area contributed by atoms with E-state index in [0.717, 1.165) is 5.56 Å². The summed E-state index contributed by atoms with van der Waals surface area (Å²) < 4.78 is 5.64. The Kier molecular flexibility index (Phi) is 4.58. The molecule has 0 bridgehead atoms. The molecule has 2 aromatic rings. The maximum atomic E-state index is 12.9. The van der Waals surface area contributed by atoms with Crippen LogP contribution in [0.25, 0.3) is 0 Å². The monoisotopic (exact) mass is 365 g/mol. The molecule has 0 spiro atoms. The van der Waals surface area contributed by atoms with Gasteiger partial charge in [0.1, 0.15) is 12.3 Å². The lowest BCUT2D eigenvalue weighted by atomic mass is 9.95. The largest absolute Gasteiger partial charge is 0.479 e. The molecule has 2 aliphatic rings. The average molecular weight is 365 g/mol. The maximum Gasteiger partial charge on any atom is 0.268 e. The first kappa shape index (κ1) is 17.5. The number of anilines is 1. The fourth-order valence-corrected chi connectivity index (χ4v) is 3.84. The number of amides is 2. The van der Waals surface area contributed by atoms with E-state index in [2.05, 4.69) is 0 Å². The zero-order valence-corrected chi connectivity index (χ0v) is 15.2. The van der Waals surface area contributed by atoms with Crippen molar-refractivity contribution in [3.8, 4) is 5.75 Å². The second-order valence-corrected chi connectivity index (χ2v) is 7.13. The predicted octanol–water partition coefficient (Wildman–Crippen LogP) is 1.75. The van der Waals surface area contributed by atoms with Gasteiger partial charge in [-0.3, -0.25) is 14.5 Å². The van der Waals surface area contributed by atoms with E-state index < -0.39 is 6.10 Å². The van der Waals surface area contributed by atoms with Crippen LogP contribution in [0.1, 0.15) is 18.4 Å². The topological polar surface area (TPSA) is 75.9 Å². The Labute approximate surface area is 158 Å². The van der Waals surface area contributed by atoms with Crippen LogP contribution in [0.5, 0.6) is 5.75 Å². The molecule has 6 nitrogen and oxygen atoms in total. The van der Waals surface area contributed by atoms with E-state index in [1.54, 1.807) is 17.9 Å². The summed E-state index contributed by atoms with van der Waals surface area (Å²) in [6.07, 6.45) is -0.606. The van der Waals surface area contributed by atoms with E-state index in [0.29, 0.717) is 24.5 Å². The van der Waals surface area contributed by atoms with Crippen molar-refractivity contribution in [2.45, 2.75) is 25.0 Å². The van der Waals surface area contributed by atoms with Crippen molar-refractivity contribution in [1.29, 1.82) is 0 Å². The molecule has 1 unspecified atom stereocenters. The Morgan fingerprint density at radius 3 is 2.59 bits per heavy atom. The standard InChI is InChI=1S/C21H23N3O3/c1-14-21(26)24(18-9-5-6-10-19(18)27-14)13-20(25)23-11-16(17(22)12-23)15-7-3-2-4-8-15/h2-10,14,16-17H,11-13,22H2,1H3/t14?,16-,17+/m0/s1. The summed E-state index contributed by atoms with van der Waals surface area (Å²) in [5, 5.41) is 0. The molecule has 1 saturated heterocycles. The Balaban J connectivity index is 1.50. The molecule has 140 valence electrons. The van der Waals surface area contributed by atoms with E-state index in [-0.39, 0.29) is 30.3 Å². The third-order valence-electron chi connectivity index (χ3n) is 5.31. The van der Waals surface area contributed by atoms with Crippen molar-refractivity contribution in [3.63, 3.8) is 0 Å².